The number of likely N-dealkylation sites (tertiary alicyclic amines) is 1. The van der Waals surface area contributed by atoms with Crippen molar-refractivity contribution in [3.05, 3.63) is 11.6 Å². The highest BCUT2D eigenvalue weighted by Gasteiger charge is 2.29. The van der Waals surface area contributed by atoms with Gasteiger partial charge < -0.3 is 5.11 Å². The molecule has 1 saturated heterocycles. The molecule has 3 nitrogen and oxygen atoms in total. The molecular formula is C8H13Cl2NO2. The van der Waals surface area contributed by atoms with Crippen LogP contribution >= 0.6 is 24.0 Å². The van der Waals surface area contributed by atoms with Crippen LogP contribution in [-0.2, 0) is 4.79 Å². The van der Waals surface area contributed by atoms with Crippen LogP contribution in [0, 0.1) is 0 Å². The van der Waals surface area contributed by atoms with Gasteiger partial charge >= 0.3 is 5.97 Å². The van der Waals surface area contributed by atoms with E-state index in [1.807, 2.05) is 4.90 Å². The maximum atomic E-state index is 10.7. The second-order valence-electron chi connectivity index (χ2n) is 2.85. The van der Waals surface area contributed by atoms with E-state index in [2.05, 4.69) is 0 Å². The van der Waals surface area contributed by atoms with Gasteiger partial charge in [-0.1, -0.05) is 17.7 Å². The Bertz CT molecular complexity index is 197. The van der Waals surface area contributed by atoms with Gasteiger partial charge in [0.1, 0.15) is 6.04 Å². The van der Waals surface area contributed by atoms with Crippen molar-refractivity contribution in [2.75, 3.05) is 13.1 Å². The zero-order chi connectivity index (χ0) is 8.97. The molecule has 1 fully saturated rings. The summed E-state index contributed by atoms with van der Waals surface area (Å²) in [5.74, 6) is -0.726. The largest absolute Gasteiger partial charge is 0.480 e. The van der Waals surface area contributed by atoms with Gasteiger partial charge in [0.15, 0.2) is 0 Å². The van der Waals surface area contributed by atoms with E-state index in [-0.39, 0.29) is 18.4 Å². The Morgan fingerprint density at radius 1 is 1.69 bits per heavy atom. The molecule has 1 heterocycles. The Labute approximate surface area is 88.8 Å². The first-order valence-corrected chi connectivity index (χ1v) is 4.41. The lowest BCUT2D eigenvalue weighted by molar-refractivity contribution is -0.141. The Balaban J connectivity index is 0.00000144. The maximum Gasteiger partial charge on any atom is 0.320 e. The maximum absolute atomic E-state index is 10.7. The second-order valence-corrected chi connectivity index (χ2v) is 3.10. The van der Waals surface area contributed by atoms with Gasteiger partial charge in [-0.15, -0.1) is 12.4 Å². The molecule has 0 amide bonds. The number of hydrogen-bond donors (Lipinski definition) is 1. The summed E-state index contributed by atoms with van der Waals surface area (Å²) >= 11 is 5.35. The Kier molecular flexibility index (Phi) is 6.12. The molecule has 0 bridgehead atoms. The lowest BCUT2D eigenvalue weighted by Gasteiger charge is -2.18. The second kappa shape index (κ2) is 6.24. The van der Waals surface area contributed by atoms with Gasteiger partial charge in [-0.25, -0.2) is 0 Å². The average molecular weight is 226 g/mol. The molecule has 1 atom stereocenters. The van der Waals surface area contributed by atoms with Crippen molar-refractivity contribution in [1.29, 1.82) is 0 Å². The normalized spacial score (nSPS) is 23.3. The summed E-state index contributed by atoms with van der Waals surface area (Å²) in [6.07, 6.45) is 3.49. The number of nitrogens with zero attached hydrogens (tertiary/aromatic N) is 1. The predicted molar refractivity (Wildman–Crippen MR) is 54.5 cm³/mol. The van der Waals surface area contributed by atoms with E-state index in [9.17, 15) is 4.79 Å². The molecule has 1 aliphatic rings. The zero-order valence-electron chi connectivity index (χ0n) is 7.15. The van der Waals surface area contributed by atoms with Gasteiger partial charge in [0.2, 0.25) is 0 Å². The van der Waals surface area contributed by atoms with Crippen molar-refractivity contribution in [2.24, 2.45) is 0 Å². The molecule has 0 aromatic carbocycles. The van der Waals surface area contributed by atoms with Gasteiger partial charge in [-0.2, -0.15) is 0 Å². The lowest BCUT2D eigenvalue weighted by Crippen LogP contribution is -2.35. The summed E-state index contributed by atoms with van der Waals surface area (Å²) < 4.78 is 0. The fourth-order valence-corrected chi connectivity index (χ4v) is 1.58. The average Bonchev–Trinajstić information content (AvgIpc) is 2.48. The monoisotopic (exact) mass is 225 g/mol. The molecule has 0 unspecified atom stereocenters. The van der Waals surface area contributed by atoms with Crippen molar-refractivity contribution in [3.8, 4) is 0 Å². The topological polar surface area (TPSA) is 40.5 Å². The van der Waals surface area contributed by atoms with Gasteiger partial charge in [0.05, 0.1) is 0 Å². The van der Waals surface area contributed by atoms with Crippen LogP contribution in [0.25, 0.3) is 0 Å². The minimum atomic E-state index is -0.726. The molecule has 0 radical (unpaired) electrons. The van der Waals surface area contributed by atoms with Crippen molar-refractivity contribution in [1.82, 2.24) is 4.90 Å². The molecule has 1 aliphatic heterocycles. The van der Waals surface area contributed by atoms with Crippen molar-refractivity contribution < 1.29 is 9.90 Å². The first-order chi connectivity index (χ1) is 5.75. The van der Waals surface area contributed by atoms with Crippen LogP contribution in [0.15, 0.2) is 11.6 Å². The van der Waals surface area contributed by atoms with Gasteiger partial charge in [-0.05, 0) is 19.4 Å². The Hall–Kier alpha value is -0.250. The SMILES string of the molecule is Cl.O=C(O)[C@@H]1CCCN1C/C=C/Cl. The van der Waals surface area contributed by atoms with Gasteiger partial charge in [-0.3, -0.25) is 9.69 Å². The van der Waals surface area contributed by atoms with Crippen LogP contribution in [0.4, 0.5) is 0 Å². The molecule has 0 saturated carbocycles. The van der Waals surface area contributed by atoms with Gasteiger partial charge in [0.25, 0.3) is 0 Å². The number of halogens is 2. The number of aliphatic carboxylic acids is 1. The molecule has 76 valence electrons. The number of hydrogen-bond acceptors (Lipinski definition) is 2. The lowest BCUT2D eigenvalue weighted by atomic mass is 10.2. The van der Waals surface area contributed by atoms with Crippen LogP contribution in [0.3, 0.4) is 0 Å². The molecule has 0 aromatic heterocycles. The number of carboxylic acids is 1. The summed E-state index contributed by atoms with van der Waals surface area (Å²) in [4.78, 5) is 12.6. The summed E-state index contributed by atoms with van der Waals surface area (Å²) in [7, 11) is 0. The van der Waals surface area contributed by atoms with Crippen LogP contribution in [-0.4, -0.2) is 35.1 Å². The molecular weight excluding hydrogens is 213 g/mol. The zero-order valence-corrected chi connectivity index (χ0v) is 8.72. The fraction of sp³-hybridized carbons (Fsp3) is 0.625. The summed E-state index contributed by atoms with van der Waals surface area (Å²) in [6, 6.07) is -0.308. The van der Waals surface area contributed by atoms with E-state index < -0.39 is 5.97 Å². The highest BCUT2D eigenvalue weighted by molar-refractivity contribution is 6.25. The van der Waals surface area contributed by atoms with E-state index in [0.717, 1.165) is 19.4 Å². The highest BCUT2D eigenvalue weighted by Crippen LogP contribution is 2.16. The minimum Gasteiger partial charge on any atom is -0.480 e. The molecule has 0 spiro atoms. The Morgan fingerprint density at radius 2 is 2.38 bits per heavy atom. The third kappa shape index (κ3) is 3.55. The highest BCUT2D eigenvalue weighted by atomic mass is 35.5. The van der Waals surface area contributed by atoms with E-state index in [0.29, 0.717) is 6.54 Å². The van der Waals surface area contributed by atoms with E-state index in [1.165, 1.54) is 5.54 Å². The third-order valence-electron chi connectivity index (χ3n) is 2.08. The number of carboxylic acid groups (broad SMARTS) is 1. The minimum absolute atomic E-state index is 0. The fourth-order valence-electron chi connectivity index (χ4n) is 1.50. The first kappa shape index (κ1) is 12.8. The standard InChI is InChI=1S/C8H12ClNO2.ClH/c9-4-2-6-10-5-1-3-7(10)8(11)12;/h2,4,7H,1,3,5-6H2,(H,11,12);1H/b4-2+;/t7-;/m0./s1. The summed E-state index contributed by atoms with van der Waals surface area (Å²) in [6.45, 7) is 1.50. The first-order valence-electron chi connectivity index (χ1n) is 3.98. The number of rotatable bonds is 3. The van der Waals surface area contributed by atoms with E-state index in [4.69, 9.17) is 16.7 Å². The Morgan fingerprint density at radius 3 is 2.92 bits per heavy atom. The van der Waals surface area contributed by atoms with Gasteiger partial charge in [0, 0.05) is 12.1 Å². The molecule has 1 rings (SSSR count). The van der Waals surface area contributed by atoms with Crippen LogP contribution < -0.4 is 0 Å². The molecule has 1 N–H and O–H groups in total. The van der Waals surface area contributed by atoms with E-state index in [1.54, 1.807) is 6.08 Å². The summed E-state index contributed by atoms with van der Waals surface area (Å²) in [5.41, 5.74) is 1.43. The van der Waals surface area contributed by atoms with Crippen molar-refractivity contribution >= 4 is 30.0 Å². The smallest absolute Gasteiger partial charge is 0.320 e. The van der Waals surface area contributed by atoms with Crippen LogP contribution in [0.2, 0.25) is 0 Å². The van der Waals surface area contributed by atoms with Crippen LogP contribution in [0.5, 0.6) is 0 Å². The molecule has 0 aromatic rings. The molecule has 5 heteroatoms. The van der Waals surface area contributed by atoms with Crippen LogP contribution in [0.1, 0.15) is 12.8 Å². The van der Waals surface area contributed by atoms with E-state index >= 15 is 0 Å². The van der Waals surface area contributed by atoms with Crippen molar-refractivity contribution in [2.45, 2.75) is 18.9 Å². The predicted octanol–water partition coefficient (Wildman–Crippen LogP) is 1.71. The van der Waals surface area contributed by atoms with Crippen molar-refractivity contribution in [3.63, 3.8) is 0 Å². The summed E-state index contributed by atoms with van der Waals surface area (Å²) in [5, 5.41) is 8.78. The molecule has 13 heavy (non-hydrogen) atoms. The third-order valence-corrected chi connectivity index (χ3v) is 2.26. The molecule has 0 aliphatic carbocycles. The quantitative estimate of drug-likeness (QED) is 0.796. The number of carbonyl (C=O) groups is 1.